The van der Waals surface area contributed by atoms with E-state index < -0.39 is 16.4 Å². The first-order chi connectivity index (χ1) is 23.4. The highest BCUT2D eigenvalue weighted by molar-refractivity contribution is 6.00. The zero-order chi connectivity index (χ0) is 34.0. The number of carbonyl (C=O) groups is 2. The van der Waals surface area contributed by atoms with E-state index in [4.69, 9.17) is 4.74 Å². The van der Waals surface area contributed by atoms with E-state index in [1.807, 2.05) is 11.8 Å². The van der Waals surface area contributed by atoms with Crippen LogP contribution >= 0.6 is 0 Å². The average Bonchev–Trinajstić information content (AvgIpc) is 3.33. The Morgan fingerprint density at radius 3 is 2.12 bits per heavy atom. The van der Waals surface area contributed by atoms with Crippen LogP contribution in [0.5, 0.6) is 0 Å². The number of allylic oxidation sites excluding steroid dienone is 4. The van der Waals surface area contributed by atoms with Gasteiger partial charge in [0.15, 0.2) is 5.78 Å². The predicted molar refractivity (Wildman–Crippen MR) is 189 cm³/mol. The van der Waals surface area contributed by atoms with Gasteiger partial charge in [-0.05, 0) is 144 Å². The molecular weight excluding hydrogens is 610 g/mol. The van der Waals surface area contributed by atoms with Gasteiger partial charge < -0.3 is 19.8 Å². The second-order valence-corrected chi connectivity index (χ2v) is 20.0. The quantitative estimate of drug-likeness (QED) is 0.265. The maximum atomic E-state index is 14.9. The maximum Gasteiger partial charge on any atom is 0.409 e. The molecule has 2 N–H and O–H groups in total. The minimum atomic E-state index is -1.05. The molecule has 0 radical (unpaired) electrons. The molecule has 0 heterocycles. The number of fused-ring (bicyclic) bond motifs is 1. The number of amides is 1. The zero-order valence-corrected chi connectivity index (χ0v) is 30.7. The molecular formula is C43H63NO5. The summed E-state index contributed by atoms with van der Waals surface area (Å²) in [5, 5.41) is 24.2. The van der Waals surface area contributed by atoms with E-state index >= 15 is 0 Å². The van der Waals surface area contributed by atoms with Crippen LogP contribution in [0.2, 0.25) is 0 Å². The van der Waals surface area contributed by atoms with Crippen LogP contribution in [0.15, 0.2) is 23.8 Å². The molecule has 2 spiro atoms. The van der Waals surface area contributed by atoms with Crippen molar-refractivity contribution in [2.24, 2.45) is 62.6 Å². The molecule has 8 atom stereocenters. The minimum absolute atomic E-state index is 0.0190. The predicted octanol–water partition coefficient (Wildman–Crippen LogP) is 8.40. The molecule has 0 aromatic rings. The molecule has 11 aliphatic carbocycles. The number of Topliss-reactive ketones (excluding diaryl/α,β-unsaturated/α-hetero) is 1. The number of carbonyl (C=O) groups excluding carboxylic acids is 2. The molecule has 6 nitrogen and oxygen atoms in total. The summed E-state index contributed by atoms with van der Waals surface area (Å²) in [6.07, 6.45) is 25.8. The Bertz CT molecular complexity index is 1410. The smallest absolute Gasteiger partial charge is 0.409 e. The molecule has 0 aliphatic heterocycles. The van der Waals surface area contributed by atoms with E-state index in [0.29, 0.717) is 44.2 Å². The monoisotopic (exact) mass is 673 g/mol. The van der Waals surface area contributed by atoms with E-state index in [1.165, 1.54) is 44.9 Å². The first-order valence-corrected chi connectivity index (χ1v) is 20.7. The van der Waals surface area contributed by atoms with Gasteiger partial charge >= 0.3 is 6.09 Å². The van der Waals surface area contributed by atoms with Gasteiger partial charge in [0.2, 0.25) is 0 Å². The summed E-state index contributed by atoms with van der Waals surface area (Å²) in [4.78, 5) is 30.7. The lowest BCUT2D eigenvalue weighted by Crippen LogP contribution is -2.68. The van der Waals surface area contributed by atoms with Crippen LogP contribution in [0.4, 0.5) is 4.79 Å². The third-order valence-corrected chi connectivity index (χ3v) is 17.6. The van der Waals surface area contributed by atoms with Crippen molar-refractivity contribution >= 4 is 11.9 Å². The highest BCUT2D eigenvalue weighted by Crippen LogP contribution is 2.78. The number of ether oxygens (including phenoxy) is 1. The molecule has 270 valence electrons. The van der Waals surface area contributed by atoms with Crippen molar-refractivity contribution in [2.75, 3.05) is 19.7 Å². The highest BCUT2D eigenvalue weighted by atomic mass is 16.6. The van der Waals surface area contributed by atoms with Crippen molar-refractivity contribution in [1.29, 1.82) is 0 Å². The SMILES string of the molecule is CCOC(=O)N(CC12CC3CC(CC(C3)C1)C2)C[C@]1(O)CC[C@H]2[C@]34C=C[C@@]5(C=C3C(=O)C3CCCCC3)CC(O)CC[C@]5(C)[C@H]4CC[C@@]21C. The Morgan fingerprint density at radius 1 is 0.816 bits per heavy atom. The van der Waals surface area contributed by atoms with E-state index in [-0.39, 0.29) is 40.3 Å². The lowest BCUT2D eigenvalue weighted by atomic mass is 9.32. The number of nitrogens with zero attached hydrogens (tertiary/aromatic N) is 1. The van der Waals surface area contributed by atoms with Crippen LogP contribution in [0.3, 0.4) is 0 Å². The molecule has 11 aliphatic rings. The number of hydrogen-bond acceptors (Lipinski definition) is 5. The van der Waals surface area contributed by atoms with Crippen molar-refractivity contribution in [3.63, 3.8) is 0 Å². The molecule has 1 amide bonds. The van der Waals surface area contributed by atoms with Gasteiger partial charge in [0.05, 0.1) is 24.9 Å². The van der Waals surface area contributed by atoms with Gasteiger partial charge in [0.1, 0.15) is 0 Å². The van der Waals surface area contributed by atoms with Gasteiger partial charge in [0.25, 0.3) is 0 Å². The van der Waals surface area contributed by atoms with Gasteiger partial charge in [-0.15, -0.1) is 0 Å². The molecule has 11 rings (SSSR count). The fourth-order valence-corrected chi connectivity index (χ4v) is 15.8. The summed E-state index contributed by atoms with van der Waals surface area (Å²) in [6, 6.07) is 0. The van der Waals surface area contributed by atoms with Crippen LogP contribution in [-0.2, 0) is 9.53 Å². The Hall–Kier alpha value is -1.66. The van der Waals surface area contributed by atoms with Gasteiger partial charge in [0, 0.05) is 34.3 Å². The second kappa shape index (κ2) is 11.2. The fraction of sp³-hybridized carbons (Fsp3) is 0.860. The lowest BCUT2D eigenvalue weighted by molar-refractivity contribution is -0.180. The van der Waals surface area contributed by atoms with Crippen molar-refractivity contribution < 1.29 is 24.5 Å². The first-order valence-electron chi connectivity index (χ1n) is 20.7. The first kappa shape index (κ1) is 33.2. The maximum absolute atomic E-state index is 14.9. The lowest BCUT2D eigenvalue weighted by Gasteiger charge is -2.71. The molecule has 49 heavy (non-hydrogen) atoms. The molecule has 8 saturated carbocycles. The van der Waals surface area contributed by atoms with Crippen LogP contribution in [0.1, 0.15) is 136 Å². The molecule has 6 heteroatoms. The summed E-state index contributed by atoms with van der Waals surface area (Å²) in [6.45, 7) is 8.07. The number of rotatable bonds is 7. The normalized spacial score (nSPS) is 50.8. The summed E-state index contributed by atoms with van der Waals surface area (Å²) in [5.74, 6) is 3.30. The average molecular weight is 674 g/mol. The summed E-state index contributed by atoms with van der Waals surface area (Å²) in [7, 11) is 0. The zero-order valence-electron chi connectivity index (χ0n) is 30.7. The molecule has 0 aromatic heterocycles. The summed E-state index contributed by atoms with van der Waals surface area (Å²) in [5.41, 5.74) is -0.988. The van der Waals surface area contributed by atoms with Crippen molar-refractivity contribution in [3.05, 3.63) is 23.8 Å². The van der Waals surface area contributed by atoms with Crippen LogP contribution in [0.25, 0.3) is 0 Å². The third kappa shape index (κ3) is 4.56. The van der Waals surface area contributed by atoms with E-state index in [2.05, 4.69) is 32.1 Å². The fourth-order valence-electron chi connectivity index (χ4n) is 15.8. The van der Waals surface area contributed by atoms with Gasteiger partial charge in [-0.1, -0.05) is 51.3 Å². The minimum Gasteiger partial charge on any atom is -0.450 e. The van der Waals surface area contributed by atoms with Crippen molar-refractivity contribution in [3.8, 4) is 0 Å². The van der Waals surface area contributed by atoms with E-state index in [0.717, 1.165) is 81.1 Å². The molecule has 0 aromatic carbocycles. The van der Waals surface area contributed by atoms with E-state index in [1.54, 1.807) is 0 Å². The number of aliphatic hydroxyl groups is 2. The Kier molecular flexibility index (Phi) is 7.57. The molecule has 1 unspecified atom stereocenters. The summed E-state index contributed by atoms with van der Waals surface area (Å²) < 4.78 is 5.76. The van der Waals surface area contributed by atoms with Crippen molar-refractivity contribution in [2.45, 2.75) is 148 Å². The third-order valence-electron chi connectivity index (χ3n) is 17.6. The van der Waals surface area contributed by atoms with Gasteiger partial charge in [-0.25, -0.2) is 4.79 Å². The van der Waals surface area contributed by atoms with E-state index in [9.17, 15) is 19.8 Å². The Morgan fingerprint density at radius 2 is 1.45 bits per heavy atom. The van der Waals surface area contributed by atoms with Crippen molar-refractivity contribution in [1.82, 2.24) is 4.90 Å². The number of hydrogen-bond donors (Lipinski definition) is 2. The molecule has 6 bridgehead atoms. The van der Waals surface area contributed by atoms with Gasteiger partial charge in [-0.2, -0.15) is 0 Å². The Balaban J connectivity index is 1.08. The molecule has 8 fully saturated rings. The number of aliphatic hydroxyl groups excluding tert-OH is 1. The number of ketones is 1. The standard InChI is InChI=1S/C43H63NO5/c1-4-49-37(47)44(26-40-21-28-18-29(22-40)20-30(19-28)23-40)27-42(48)15-12-35-39(42,3)14-11-34-38(2)13-10-32(45)24-41(38)16-17-43(34,35)33(25-41)36(46)31-8-6-5-7-9-31/h16-17,25,28-32,34-35,45,48H,4-15,18-24,26-27H2,1-3H3/t28?,29?,30?,32?,34-,35-,38-,39+,40?,41+,42-,43-/m1/s1. The Labute approximate surface area is 294 Å². The van der Waals surface area contributed by atoms with Crippen LogP contribution < -0.4 is 0 Å². The summed E-state index contributed by atoms with van der Waals surface area (Å²) >= 11 is 0. The highest BCUT2D eigenvalue weighted by Gasteiger charge is 2.75. The molecule has 0 saturated heterocycles. The van der Waals surface area contributed by atoms with Crippen LogP contribution in [0, 0.1) is 62.6 Å². The van der Waals surface area contributed by atoms with Crippen LogP contribution in [-0.4, -0.2) is 58.4 Å². The second-order valence-electron chi connectivity index (χ2n) is 20.0. The van der Waals surface area contributed by atoms with Gasteiger partial charge in [-0.3, -0.25) is 4.79 Å². The topological polar surface area (TPSA) is 87.1 Å². The largest absolute Gasteiger partial charge is 0.450 e.